The first-order valence-electron chi connectivity index (χ1n) is 5.77. The standard InChI is InChI=1S/C13H18F2O2/c1-4-10(17-5-2)13(16)9-7-6-8(3)11(14)12(9)15/h6-7,10,13,16H,4-5H2,1-3H3. The van der Waals surface area contributed by atoms with Gasteiger partial charge < -0.3 is 9.84 Å². The van der Waals surface area contributed by atoms with Gasteiger partial charge in [-0.15, -0.1) is 0 Å². The molecule has 0 saturated heterocycles. The van der Waals surface area contributed by atoms with E-state index in [0.29, 0.717) is 13.0 Å². The lowest BCUT2D eigenvalue weighted by Crippen LogP contribution is -2.22. The molecule has 0 aliphatic carbocycles. The van der Waals surface area contributed by atoms with Crippen LogP contribution < -0.4 is 0 Å². The van der Waals surface area contributed by atoms with Crippen molar-refractivity contribution in [2.24, 2.45) is 0 Å². The highest BCUT2D eigenvalue weighted by atomic mass is 19.2. The van der Waals surface area contributed by atoms with E-state index in [2.05, 4.69) is 0 Å². The Balaban J connectivity index is 3.03. The van der Waals surface area contributed by atoms with E-state index in [1.54, 1.807) is 6.92 Å². The summed E-state index contributed by atoms with van der Waals surface area (Å²) in [4.78, 5) is 0. The molecular weight excluding hydrogens is 226 g/mol. The molecule has 96 valence electrons. The van der Waals surface area contributed by atoms with Crippen LogP contribution in [0, 0.1) is 18.6 Å². The van der Waals surface area contributed by atoms with E-state index in [0.717, 1.165) is 0 Å². The second kappa shape index (κ2) is 6.07. The molecule has 0 fully saturated rings. The third-order valence-electron chi connectivity index (χ3n) is 2.76. The summed E-state index contributed by atoms with van der Waals surface area (Å²) in [5.41, 5.74) is 0.177. The van der Waals surface area contributed by atoms with Gasteiger partial charge in [-0.25, -0.2) is 8.78 Å². The lowest BCUT2D eigenvalue weighted by atomic mass is 10.00. The van der Waals surface area contributed by atoms with E-state index < -0.39 is 23.8 Å². The summed E-state index contributed by atoms with van der Waals surface area (Å²) in [7, 11) is 0. The predicted molar refractivity (Wildman–Crippen MR) is 61.8 cm³/mol. The molecule has 0 aliphatic rings. The number of aryl methyl sites for hydroxylation is 1. The molecule has 0 heterocycles. The first kappa shape index (κ1) is 14.1. The smallest absolute Gasteiger partial charge is 0.164 e. The van der Waals surface area contributed by atoms with Gasteiger partial charge in [0.2, 0.25) is 0 Å². The highest BCUT2D eigenvalue weighted by molar-refractivity contribution is 5.27. The summed E-state index contributed by atoms with van der Waals surface area (Å²) >= 11 is 0. The van der Waals surface area contributed by atoms with Gasteiger partial charge in [-0.3, -0.25) is 0 Å². The van der Waals surface area contributed by atoms with Gasteiger partial charge >= 0.3 is 0 Å². The van der Waals surface area contributed by atoms with Crippen LogP contribution in [0.1, 0.15) is 37.5 Å². The molecular formula is C13H18F2O2. The second-order valence-electron chi connectivity index (χ2n) is 3.95. The van der Waals surface area contributed by atoms with Gasteiger partial charge in [0.15, 0.2) is 11.6 Å². The van der Waals surface area contributed by atoms with Crippen molar-refractivity contribution in [3.05, 3.63) is 34.9 Å². The van der Waals surface area contributed by atoms with Crippen LogP contribution in [0.25, 0.3) is 0 Å². The van der Waals surface area contributed by atoms with Gasteiger partial charge in [-0.2, -0.15) is 0 Å². The van der Waals surface area contributed by atoms with Crippen LogP contribution in [0.5, 0.6) is 0 Å². The molecule has 2 nitrogen and oxygen atoms in total. The SMILES string of the molecule is CCOC(CC)C(O)c1ccc(C)c(F)c1F. The first-order chi connectivity index (χ1) is 8.02. The zero-order chi connectivity index (χ0) is 13.0. The Kier molecular flexibility index (Phi) is 5.02. The zero-order valence-corrected chi connectivity index (χ0v) is 10.3. The highest BCUT2D eigenvalue weighted by Crippen LogP contribution is 2.26. The molecule has 17 heavy (non-hydrogen) atoms. The largest absolute Gasteiger partial charge is 0.386 e. The average molecular weight is 244 g/mol. The van der Waals surface area contributed by atoms with Gasteiger partial charge in [-0.05, 0) is 25.8 Å². The van der Waals surface area contributed by atoms with Gasteiger partial charge in [0.05, 0.1) is 6.10 Å². The third-order valence-corrected chi connectivity index (χ3v) is 2.76. The van der Waals surface area contributed by atoms with Crippen LogP contribution in [-0.4, -0.2) is 17.8 Å². The maximum atomic E-state index is 13.7. The molecule has 0 aromatic heterocycles. The molecule has 0 radical (unpaired) electrons. The molecule has 2 unspecified atom stereocenters. The topological polar surface area (TPSA) is 29.5 Å². The Labute approximate surface area is 100 Å². The van der Waals surface area contributed by atoms with Gasteiger partial charge in [0.1, 0.15) is 6.10 Å². The Hall–Kier alpha value is -1.00. The maximum Gasteiger partial charge on any atom is 0.164 e. The monoisotopic (exact) mass is 244 g/mol. The number of rotatable bonds is 5. The predicted octanol–water partition coefficient (Wildman–Crippen LogP) is 3.12. The molecule has 1 aromatic rings. The van der Waals surface area contributed by atoms with Crippen molar-refractivity contribution in [1.82, 2.24) is 0 Å². The number of hydrogen-bond acceptors (Lipinski definition) is 2. The van der Waals surface area contributed by atoms with Crippen LogP contribution in [0.3, 0.4) is 0 Å². The van der Waals surface area contributed by atoms with Crippen LogP contribution in [0.2, 0.25) is 0 Å². The van der Waals surface area contributed by atoms with Crippen LogP contribution in [0.4, 0.5) is 8.78 Å². The summed E-state index contributed by atoms with van der Waals surface area (Å²) in [6, 6.07) is 2.86. The molecule has 2 atom stereocenters. The summed E-state index contributed by atoms with van der Waals surface area (Å²) in [6.07, 6.45) is -1.13. The molecule has 0 bridgehead atoms. The van der Waals surface area contributed by atoms with Crippen molar-refractivity contribution in [3.63, 3.8) is 0 Å². The molecule has 1 N–H and O–H groups in total. The number of ether oxygens (including phenoxy) is 1. The minimum Gasteiger partial charge on any atom is -0.386 e. The summed E-state index contributed by atoms with van der Waals surface area (Å²) in [6.45, 7) is 5.52. The van der Waals surface area contributed by atoms with Crippen LogP contribution >= 0.6 is 0 Å². The molecule has 1 aromatic carbocycles. The van der Waals surface area contributed by atoms with E-state index in [1.807, 2.05) is 6.92 Å². The van der Waals surface area contributed by atoms with Gasteiger partial charge in [0, 0.05) is 12.2 Å². The van der Waals surface area contributed by atoms with Crippen molar-refractivity contribution in [2.45, 2.75) is 39.4 Å². The van der Waals surface area contributed by atoms with Crippen molar-refractivity contribution in [3.8, 4) is 0 Å². The Bertz CT molecular complexity index is 380. The van der Waals surface area contributed by atoms with Crippen molar-refractivity contribution < 1.29 is 18.6 Å². The number of hydrogen-bond donors (Lipinski definition) is 1. The number of benzene rings is 1. The fourth-order valence-corrected chi connectivity index (χ4v) is 1.74. The Morgan fingerprint density at radius 3 is 2.41 bits per heavy atom. The molecule has 0 spiro atoms. The van der Waals surface area contributed by atoms with E-state index in [1.165, 1.54) is 19.1 Å². The van der Waals surface area contributed by atoms with E-state index in [9.17, 15) is 13.9 Å². The lowest BCUT2D eigenvalue weighted by Gasteiger charge is -2.22. The second-order valence-corrected chi connectivity index (χ2v) is 3.95. The molecule has 4 heteroatoms. The lowest BCUT2D eigenvalue weighted by molar-refractivity contribution is -0.0371. The third kappa shape index (κ3) is 3.01. The number of aliphatic hydroxyl groups is 1. The van der Waals surface area contributed by atoms with E-state index >= 15 is 0 Å². The molecule has 0 saturated carbocycles. The zero-order valence-electron chi connectivity index (χ0n) is 10.3. The fraction of sp³-hybridized carbons (Fsp3) is 0.538. The molecule has 0 aliphatic heterocycles. The summed E-state index contributed by atoms with van der Waals surface area (Å²) < 4.78 is 32.3. The quantitative estimate of drug-likeness (QED) is 0.862. The molecule has 1 rings (SSSR count). The van der Waals surface area contributed by atoms with Gasteiger partial charge in [0.25, 0.3) is 0 Å². The van der Waals surface area contributed by atoms with E-state index in [-0.39, 0.29) is 11.1 Å². The van der Waals surface area contributed by atoms with Crippen molar-refractivity contribution in [1.29, 1.82) is 0 Å². The van der Waals surface area contributed by atoms with Crippen LogP contribution in [-0.2, 0) is 4.74 Å². The number of aliphatic hydroxyl groups excluding tert-OH is 1. The Morgan fingerprint density at radius 1 is 1.24 bits per heavy atom. The van der Waals surface area contributed by atoms with Crippen LogP contribution in [0.15, 0.2) is 12.1 Å². The normalized spacial score (nSPS) is 14.7. The van der Waals surface area contributed by atoms with E-state index in [4.69, 9.17) is 4.74 Å². The minimum absolute atomic E-state index is 0.0478. The van der Waals surface area contributed by atoms with Crippen molar-refractivity contribution >= 4 is 0 Å². The minimum atomic E-state index is -1.14. The van der Waals surface area contributed by atoms with Gasteiger partial charge in [-0.1, -0.05) is 19.1 Å². The average Bonchev–Trinajstić information content (AvgIpc) is 2.32. The highest BCUT2D eigenvalue weighted by Gasteiger charge is 2.24. The fourth-order valence-electron chi connectivity index (χ4n) is 1.74. The maximum absolute atomic E-state index is 13.7. The summed E-state index contributed by atoms with van der Waals surface area (Å²) in [5.74, 6) is -1.90. The van der Waals surface area contributed by atoms with Crippen molar-refractivity contribution in [2.75, 3.05) is 6.61 Å². The molecule has 0 amide bonds. The summed E-state index contributed by atoms with van der Waals surface area (Å²) in [5, 5.41) is 9.98. The Morgan fingerprint density at radius 2 is 1.88 bits per heavy atom. The number of halogens is 2. The first-order valence-corrected chi connectivity index (χ1v) is 5.77.